The Kier molecular flexibility index (Phi) is 2.47. The molecule has 4 rings (SSSR count). The summed E-state index contributed by atoms with van der Waals surface area (Å²) in [5, 5.41) is 14.7. The third kappa shape index (κ3) is 1.61. The molecule has 6 heteroatoms. The van der Waals surface area contributed by atoms with Gasteiger partial charge in [0.15, 0.2) is 11.5 Å². The van der Waals surface area contributed by atoms with Crippen molar-refractivity contribution >= 4 is 11.5 Å². The van der Waals surface area contributed by atoms with Gasteiger partial charge in [-0.25, -0.2) is 0 Å². The van der Waals surface area contributed by atoms with Gasteiger partial charge in [0.1, 0.15) is 5.69 Å². The fraction of sp³-hybridized carbons (Fsp3) is 0. The van der Waals surface area contributed by atoms with Gasteiger partial charge in [0.25, 0.3) is 5.69 Å². The number of fused-ring (bicyclic) bond motifs is 3. The summed E-state index contributed by atoms with van der Waals surface area (Å²) in [6.07, 6.45) is 0. The molecule has 0 atom stereocenters. The van der Waals surface area contributed by atoms with Crippen LogP contribution in [0.4, 0.5) is 5.69 Å². The Labute approximate surface area is 124 Å². The molecule has 0 radical (unpaired) electrons. The lowest BCUT2D eigenvalue weighted by Gasteiger charge is -1.98. The molecule has 0 spiro atoms. The quantitative estimate of drug-likeness (QED) is 0.417. The third-order valence-electron chi connectivity index (χ3n) is 3.69. The average Bonchev–Trinajstić information content (AvgIpc) is 3.09. The Balaban J connectivity index is 1.86. The lowest BCUT2D eigenvalue weighted by atomic mass is 10.1. The molecule has 1 aromatic heterocycles. The number of nitro groups is 1. The van der Waals surface area contributed by atoms with Crippen LogP contribution in [0.15, 0.2) is 53.1 Å². The Hall–Kier alpha value is -3.28. The Morgan fingerprint density at radius 2 is 1.68 bits per heavy atom. The molecule has 1 heterocycles. The van der Waals surface area contributed by atoms with Gasteiger partial charge in [-0.15, -0.1) is 0 Å². The summed E-state index contributed by atoms with van der Waals surface area (Å²) >= 11 is 0. The van der Waals surface area contributed by atoms with Gasteiger partial charge >= 0.3 is 0 Å². The fourth-order valence-corrected chi connectivity index (χ4v) is 2.64. The number of non-ortho nitro benzene ring substituents is 1. The summed E-state index contributed by atoms with van der Waals surface area (Å²) in [7, 11) is 0. The minimum atomic E-state index is -0.477. The van der Waals surface area contributed by atoms with Gasteiger partial charge in [0, 0.05) is 28.8 Å². The van der Waals surface area contributed by atoms with Crippen molar-refractivity contribution in [1.82, 2.24) is 5.16 Å². The Morgan fingerprint density at radius 3 is 2.36 bits per heavy atom. The maximum atomic E-state index is 12.5. The summed E-state index contributed by atoms with van der Waals surface area (Å²) in [4.78, 5) is 22.7. The number of aromatic nitrogens is 1. The third-order valence-corrected chi connectivity index (χ3v) is 3.69. The van der Waals surface area contributed by atoms with Crippen molar-refractivity contribution in [1.29, 1.82) is 0 Å². The molecular formula is C16H8N2O4. The predicted molar refractivity (Wildman–Crippen MR) is 77.5 cm³/mol. The van der Waals surface area contributed by atoms with Crippen LogP contribution in [-0.2, 0) is 0 Å². The smallest absolute Gasteiger partial charge is 0.269 e. The van der Waals surface area contributed by atoms with Gasteiger partial charge in [-0.1, -0.05) is 29.4 Å². The highest BCUT2D eigenvalue weighted by Crippen LogP contribution is 2.41. The second-order valence-corrected chi connectivity index (χ2v) is 4.91. The predicted octanol–water partition coefficient (Wildman–Crippen LogP) is 3.46. The molecule has 0 fully saturated rings. The minimum Gasteiger partial charge on any atom is -0.355 e. The van der Waals surface area contributed by atoms with E-state index in [-0.39, 0.29) is 11.5 Å². The second kappa shape index (κ2) is 4.36. The number of ketones is 1. The number of benzene rings is 2. The zero-order valence-corrected chi connectivity index (χ0v) is 11.1. The fourth-order valence-electron chi connectivity index (χ4n) is 2.64. The highest BCUT2D eigenvalue weighted by molar-refractivity contribution is 6.23. The van der Waals surface area contributed by atoms with E-state index in [2.05, 4.69) is 5.16 Å². The van der Waals surface area contributed by atoms with Crippen LogP contribution in [-0.4, -0.2) is 15.9 Å². The van der Waals surface area contributed by atoms with Crippen LogP contribution < -0.4 is 0 Å². The normalized spacial score (nSPS) is 12.1. The Morgan fingerprint density at radius 1 is 1.00 bits per heavy atom. The summed E-state index contributed by atoms with van der Waals surface area (Å²) in [6.45, 7) is 0. The molecule has 1 aliphatic carbocycles. The van der Waals surface area contributed by atoms with Gasteiger partial charge in [0.05, 0.1) is 10.5 Å². The van der Waals surface area contributed by atoms with Crippen molar-refractivity contribution in [2.24, 2.45) is 0 Å². The summed E-state index contributed by atoms with van der Waals surface area (Å²) < 4.78 is 5.31. The van der Waals surface area contributed by atoms with Gasteiger partial charge in [0.2, 0.25) is 0 Å². The van der Waals surface area contributed by atoms with Crippen LogP contribution in [0.1, 0.15) is 15.9 Å². The van der Waals surface area contributed by atoms with E-state index in [1.54, 1.807) is 24.3 Å². The van der Waals surface area contributed by atoms with Crippen LogP contribution in [0.3, 0.4) is 0 Å². The van der Waals surface area contributed by atoms with E-state index in [9.17, 15) is 14.9 Å². The topological polar surface area (TPSA) is 86.2 Å². The second-order valence-electron chi connectivity index (χ2n) is 4.91. The van der Waals surface area contributed by atoms with Crippen LogP contribution >= 0.6 is 0 Å². The maximum absolute atomic E-state index is 12.5. The molecule has 3 aromatic rings. The molecule has 0 N–H and O–H groups in total. The van der Waals surface area contributed by atoms with Crippen LogP contribution in [0.5, 0.6) is 0 Å². The molecule has 0 aliphatic heterocycles. The van der Waals surface area contributed by atoms with E-state index < -0.39 is 4.92 Å². The molecular weight excluding hydrogens is 284 g/mol. The number of carbonyl (C=O) groups excluding carboxylic acids is 1. The van der Waals surface area contributed by atoms with Crippen molar-refractivity contribution < 1.29 is 14.2 Å². The first-order chi connectivity index (χ1) is 10.7. The average molecular weight is 292 g/mol. The highest BCUT2D eigenvalue weighted by atomic mass is 16.6. The first-order valence-corrected chi connectivity index (χ1v) is 6.55. The summed E-state index contributed by atoms with van der Waals surface area (Å²) in [5.74, 6) is 0.200. The highest BCUT2D eigenvalue weighted by Gasteiger charge is 2.34. The number of hydrogen-bond acceptors (Lipinski definition) is 5. The number of carbonyl (C=O) groups is 1. The maximum Gasteiger partial charge on any atom is 0.269 e. The molecule has 0 saturated heterocycles. The molecule has 106 valence electrons. The van der Waals surface area contributed by atoms with Crippen LogP contribution in [0, 0.1) is 10.1 Å². The molecule has 0 amide bonds. The van der Waals surface area contributed by atoms with Gasteiger partial charge in [-0.05, 0) is 12.1 Å². The standard InChI is InChI=1S/C16H8N2O4/c19-15-12-4-2-1-3-11(12)14-13(15)16(22-17-14)9-5-7-10(8-6-9)18(20)21/h1-8H. The van der Waals surface area contributed by atoms with Crippen molar-refractivity contribution in [3.8, 4) is 22.6 Å². The first kappa shape index (κ1) is 12.5. The van der Waals surface area contributed by atoms with E-state index in [0.29, 0.717) is 28.1 Å². The molecule has 0 saturated carbocycles. The van der Waals surface area contributed by atoms with Crippen molar-refractivity contribution in [3.63, 3.8) is 0 Å². The van der Waals surface area contributed by atoms with Crippen LogP contribution in [0.25, 0.3) is 22.6 Å². The number of hydrogen-bond donors (Lipinski definition) is 0. The Bertz CT molecular complexity index is 926. The molecule has 2 aromatic carbocycles. The van der Waals surface area contributed by atoms with Crippen molar-refractivity contribution in [2.75, 3.05) is 0 Å². The number of nitro benzene ring substituents is 1. The van der Waals surface area contributed by atoms with E-state index in [4.69, 9.17) is 4.52 Å². The van der Waals surface area contributed by atoms with E-state index in [1.165, 1.54) is 12.1 Å². The van der Waals surface area contributed by atoms with E-state index in [0.717, 1.165) is 5.56 Å². The minimum absolute atomic E-state index is 0.0190. The monoisotopic (exact) mass is 292 g/mol. The first-order valence-electron chi connectivity index (χ1n) is 6.55. The van der Waals surface area contributed by atoms with Gasteiger partial charge < -0.3 is 4.52 Å². The largest absolute Gasteiger partial charge is 0.355 e. The van der Waals surface area contributed by atoms with E-state index in [1.807, 2.05) is 12.1 Å². The lowest BCUT2D eigenvalue weighted by Crippen LogP contribution is -1.96. The van der Waals surface area contributed by atoms with Gasteiger partial charge in [-0.3, -0.25) is 14.9 Å². The SMILES string of the molecule is O=C1c2ccccc2-c2noc(-c3ccc([N+](=O)[O-])cc3)c21. The molecule has 1 aliphatic rings. The molecule has 6 nitrogen and oxygen atoms in total. The summed E-state index contributed by atoms with van der Waals surface area (Å²) in [6, 6.07) is 13.0. The summed E-state index contributed by atoms with van der Waals surface area (Å²) in [5.41, 5.74) is 2.84. The van der Waals surface area contributed by atoms with E-state index >= 15 is 0 Å². The zero-order valence-electron chi connectivity index (χ0n) is 11.1. The van der Waals surface area contributed by atoms with Crippen LogP contribution in [0.2, 0.25) is 0 Å². The molecule has 0 unspecified atom stereocenters. The van der Waals surface area contributed by atoms with Crippen molar-refractivity contribution in [2.45, 2.75) is 0 Å². The van der Waals surface area contributed by atoms with Gasteiger partial charge in [-0.2, -0.15) is 0 Å². The molecule has 0 bridgehead atoms. The lowest BCUT2D eigenvalue weighted by molar-refractivity contribution is -0.384. The van der Waals surface area contributed by atoms with Crippen molar-refractivity contribution in [3.05, 3.63) is 69.8 Å². The molecule has 22 heavy (non-hydrogen) atoms. The number of nitrogens with zero attached hydrogens (tertiary/aromatic N) is 2. The zero-order chi connectivity index (χ0) is 15.3. The number of rotatable bonds is 2.